The molecule has 82 valence electrons. The Labute approximate surface area is 87.0 Å². The third kappa shape index (κ3) is 3.01. The number of nitrogens with two attached hydrogens (primary N) is 1. The maximum absolute atomic E-state index is 10.8. The summed E-state index contributed by atoms with van der Waals surface area (Å²) >= 11 is 0. The average molecular weight is 212 g/mol. The second kappa shape index (κ2) is 5.04. The van der Waals surface area contributed by atoms with Crippen LogP contribution >= 0.6 is 0 Å². The van der Waals surface area contributed by atoms with Crippen LogP contribution in [0.5, 0.6) is 11.8 Å². The van der Waals surface area contributed by atoms with E-state index >= 15 is 0 Å². The van der Waals surface area contributed by atoms with E-state index in [1.54, 1.807) is 12.1 Å². The summed E-state index contributed by atoms with van der Waals surface area (Å²) in [6, 6.07) is 3.18. The standard InChI is InChI=1S/C9H12N2O4/c1-13-7-4-3-6(10)9(11-7)15-5-8(12)14-2/h3-4H,5,10H2,1-2H3. The Kier molecular flexibility index (Phi) is 3.73. The van der Waals surface area contributed by atoms with Gasteiger partial charge in [-0.3, -0.25) is 0 Å². The minimum absolute atomic E-state index is 0.153. The SMILES string of the molecule is COC(=O)COc1nc(OC)ccc1N. The molecule has 0 aromatic carbocycles. The Balaban J connectivity index is 2.70. The molecule has 0 saturated heterocycles. The lowest BCUT2D eigenvalue weighted by Crippen LogP contribution is -2.14. The molecular weight excluding hydrogens is 200 g/mol. The number of anilines is 1. The average Bonchev–Trinajstić information content (AvgIpc) is 2.27. The fraction of sp³-hybridized carbons (Fsp3) is 0.333. The smallest absolute Gasteiger partial charge is 0.343 e. The summed E-state index contributed by atoms with van der Waals surface area (Å²) in [7, 11) is 2.75. The number of hydrogen-bond acceptors (Lipinski definition) is 6. The van der Waals surface area contributed by atoms with E-state index in [9.17, 15) is 4.79 Å². The van der Waals surface area contributed by atoms with Crippen molar-refractivity contribution < 1.29 is 19.0 Å². The molecule has 1 rings (SSSR count). The molecule has 6 nitrogen and oxygen atoms in total. The van der Waals surface area contributed by atoms with Crippen molar-refractivity contribution in [3.05, 3.63) is 12.1 Å². The van der Waals surface area contributed by atoms with Gasteiger partial charge in [0.25, 0.3) is 0 Å². The van der Waals surface area contributed by atoms with Crippen molar-refractivity contribution in [1.29, 1.82) is 0 Å². The number of methoxy groups -OCH3 is 2. The molecule has 1 heterocycles. The van der Waals surface area contributed by atoms with Gasteiger partial charge in [0.1, 0.15) is 0 Å². The summed E-state index contributed by atoms with van der Waals surface area (Å²) in [5.41, 5.74) is 5.91. The topological polar surface area (TPSA) is 83.7 Å². The second-order valence-electron chi connectivity index (χ2n) is 2.61. The zero-order valence-corrected chi connectivity index (χ0v) is 8.52. The van der Waals surface area contributed by atoms with E-state index < -0.39 is 5.97 Å². The molecule has 0 atom stereocenters. The van der Waals surface area contributed by atoms with Gasteiger partial charge >= 0.3 is 5.97 Å². The number of ether oxygens (including phenoxy) is 3. The second-order valence-corrected chi connectivity index (χ2v) is 2.61. The zero-order chi connectivity index (χ0) is 11.3. The van der Waals surface area contributed by atoms with E-state index in [2.05, 4.69) is 9.72 Å². The van der Waals surface area contributed by atoms with Crippen molar-refractivity contribution in [2.75, 3.05) is 26.6 Å². The van der Waals surface area contributed by atoms with Crippen molar-refractivity contribution in [3.8, 4) is 11.8 Å². The highest BCUT2D eigenvalue weighted by Crippen LogP contribution is 2.21. The minimum atomic E-state index is -0.501. The van der Waals surface area contributed by atoms with Gasteiger partial charge in [-0.05, 0) is 6.07 Å². The van der Waals surface area contributed by atoms with E-state index in [-0.39, 0.29) is 12.5 Å². The molecule has 0 fully saturated rings. The molecule has 0 saturated carbocycles. The summed E-state index contributed by atoms with van der Waals surface area (Å²) in [6.07, 6.45) is 0. The van der Waals surface area contributed by atoms with E-state index in [1.165, 1.54) is 14.2 Å². The van der Waals surface area contributed by atoms with Crippen molar-refractivity contribution >= 4 is 11.7 Å². The van der Waals surface area contributed by atoms with Gasteiger partial charge in [0.2, 0.25) is 11.8 Å². The largest absolute Gasteiger partial charge is 0.481 e. The highest BCUT2D eigenvalue weighted by Gasteiger charge is 2.07. The van der Waals surface area contributed by atoms with Crippen LogP contribution in [0.25, 0.3) is 0 Å². The molecule has 0 amide bonds. The first-order valence-electron chi connectivity index (χ1n) is 4.17. The van der Waals surface area contributed by atoms with Crippen molar-refractivity contribution in [2.24, 2.45) is 0 Å². The first-order chi connectivity index (χ1) is 7.17. The van der Waals surface area contributed by atoms with Gasteiger partial charge in [-0.15, -0.1) is 0 Å². The number of nitrogens with zero attached hydrogens (tertiary/aromatic N) is 1. The first kappa shape index (κ1) is 11.1. The molecule has 0 spiro atoms. The maximum atomic E-state index is 10.8. The number of rotatable bonds is 4. The first-order valence-corrected chi connectivity index (χ1v) is 4.17. The van der Waals surface area contributed by atoms with Crippen molar-refractivity contribution in [3.63, 3.8) is 0 Å². The zero-order valence-electron chi connectivity index (χ0n) is 8.52. The maximum Gasteiger partial charge on any atom is 0.343 e. The summed E-state index contributed by atoms with van der Waals surface area (Å²) in [4.78, 5) is 14.7. The summed E-state index contributed by atoms with van der Waals surface area (Å²) in [6.45, 7) is -0.235. The number of nitrogen functional groups attached to an aromatic ring is 1. The lowest BCUT2D eigenvalue weighted by molar-refractivity contribution is -0.143. The minimum Gasteiger partial charge on any atom is -0.481 e. The fourth-order valence-electron chi connectivity index (χ4n) is 0.850. The van der Waals surface area contributed by atoms with E-state index in [0.717, 1.165) is 0 Å². The van der Waals surface area contributed by atoms with Crippen LogP contribution in [-0.4, -0.2) is 31.8 Å². The van der Waals surface area contributed by atoms with Crippen LogP contribution in [0.4, 0.5) is 5.69 Å². The van der Waals surface area contributed by atoms with Crippen molar-refractivity contribution in [1.82, 2.24) is 4.98 Å². The third-order valence-corrected chi connectivity index (χ3v) is 1.63. The van der Waals surface area contributed by atoms with Gasteiger partial charge in [-0.25, -0.2) is 4.79 Å². The van der Waals surface area contributed by atoms with Gasteiger partial charge in [0, 0.05) is 6.07 Å². The van der Waals surface area contributed by atoms with Gasteiger partial charge in [0.05, 0.1) is 19.9 Å². The molecule has 0 aliphatic heterocycles. The van der Waals surface area contributed by atoms with E-state index in [1.807, 2.05) is 0 Å². The summed E-state index contributed by atoms with van der Waals surface area (Å²) in [5.74, 6) is 0.0165. The Bertz CT molecular complexity index is 354. The lowest BCUT2D eigenvalue weighted by Gasteiger charge is -2.07. The molecule has 0 aliphatic carbocycles. The predicted octanol–water partition coefficient (Wildman–Crippen LogP) is 0.224. The molecule has 1 aromatic rings. The molecule has 15 heavy (non-hydrogen) atoms. The van der Waals surface area contributed by atoms with Crippen LogP contribution in [0, 0.1) is 0 Å². The molecule has 0 aliphatic rings. The number of esters is 1. The molecular formula is C9H12N2O4. The van der Waals surface area contributed by atoms with Crippen LogP contribution in [-0.2, 0) is 9.53 Å². The Morgan fingerprint density at radius 3 is 2.80 bits per heavy atom. The Morgan fingerprint density at radius 2 is 2.20 bits per heavy atom. The Hall–Kier alpha value is -1.98. The molecule has 0 radical (unpaired) electrons. The normalized spacial score (nSPS) is 9.47. The van der Waals surface area contributed by atoms with Gasteiger partial charge in [-0.2, -0.15) is 4.98 Å². The van der Waals surface area contributed by atoms with Crippen LogP contribution in [0.1, 0.15) is 0 Å². The van der Waals surface area contributed by atoms with Crippen molar-refractivity contribution in [2.45, 2.75) is 0 Å². The quantitative estimate of drug-likeness (QED) is 0.719. The van der Waals surface area contributed by atoms with Crippen LogP contribution < -0.4 is 15.2 Å². The highest BCUT2D eigenvalue weighted by molar-refractivity contribution is 5.71. The Morgan fingerprint density at radius 1 is 1.47 bits per heavy atom. The molecule has 6 heteroatoms. The highest BCUT2D eigenvalue weighted by atomic mass is 16.6. The molecule has 0 unspecified atom stereocenters. The van der Waals surface area contributed by atoms with Gasteiger partial charge < -0.3 is 19.9 Å². The molecule has 1 aromatic heterocycles. The lowest BCUT2D eigenvalue weighted by atomic mass is 10.4. The third-order valence-electron chi connectivity index (χ3n) is 1.63. The number of pyridine rings is 1. The summed E-state index contributed by atoms with van der Waals surface area (Å²) < 4.78 is 14.3. The number of aromatic nitrogens is 1. The predicted molar refractivity (Wildman–Crippen MR) is 52.7 cm³/mol. The van der Waals surface area contributed by atoms with Crippen LogP contribution in [0.2, 0.25) is 0 Å². The molecule has 0 bridgehead atoms. The van der Waals surface area contributed by atoms with E-state index in [0.29, 0.717) is 11.6 Å². The number of carbonyl (C=O) groups excluding carboxylic acids is 1. The van der Waals surface area contributed by atoms with Gasteiger partial charge in [-0.1, -0.05) is 0 Å². The van der Waals surface area contributed by atoms with Crippen LogP contribution in [0.15, 0.2) is 12.1 Å². The van der Waals surface area contributed by atoms with Crippen LogP contribution in [0.3, 0.4) is 0 Å². The van der Waals surface area contributed by atoms with E-state index in [4.69, 9.17) is 15.2 Å². The van der Waals surface area contributed by atoms with Gasteiger partial charge in [0.15, 0.2) is 6.61 Å². The monoisotopic (exact) mass is 212 g/mol. The number of carbonyl (C=O) groups is 1. The summed E-state index contributed by atoms with van der Waals surface area (Å²) in [5, 5.41) is 0. The number of hydrogen-bond donors (Lipinski definition) is 1. The fourth-order valence-corrected chi connectivity index (χ4v) is 0.850. The molecule has 2 N–H and O–H groups in total.